The zero-order valence-electron chi connectivity index (χ0n) is 18.0. The van der Waals surface area contributed by atoms with Gasteiger partial charge in [0.05, 0.1) is 5.57 Å². The Morgan fingerprint density at radius 2 is 1.87 bits per heavy atom. The quantitative estimate of drug-likeness (QED) is 0.681. The number of nitrogens with two attached hydrogens (primary N) is 1. The molecule has 2 aliphatic heterocycles. The number of aryl methyl sites for hydroxylation is 2. The van der Waals surface area contributed by atoms with Gasteiger partial charge in [-0.2, -0.15) is 0 Å². The molecule has 5 nitrogen and oxygen atoms in total. The molecule has 0 aliphatic carbocycles. The lowest BCUT2D eigenvalue weighted by molar-refractivity contribution is -0.110. The van der Waals surface area contributed by atoms with E-state index in [1.54, 1.807) is 6.08 Å². The number of hydrogen-bond donors (Lipinski definition) is 3. The van der Waals surface area contributed by atoms with E-state index in [4.69, 9.17) is 5.73 Å². The second-order valence-corrected chi connectivity index (χ2v) is 8.43. The minimum atomic E-state index is -0.112. The molecule has 2 aromatic carbocycles. The molecule has 0 unspecified atom stereocenters. The lowest BCUT2D eigenvalue weighted by Crippen LogP contribution is -2.39. The molecule has 0 aromatic heterocycles. The topological polar surface area (TPSA) is 70.4 Å². The van der Waals surface area contributed by atoms with Gasteiger partial charge in [-0.05, 0) is 87.3 Å². The smallest absolute Gasteiger partial charge is 0.256 e. The highest BCUT2D eigenvalue weighted by Gasteiger charge is 2.25. The van der Waals surface area contributed by atoms with Crippen LogP contribution >= 0.6 is 0 Å². The summed E-state index contributed by atoms with van der Waals surface area (Å²) in [5, 5.41) is 6.37. The summed E-state index contributed by atoms with van der Waals surface area (Å²) >= 11 is 0. The maximum atomic E-state index is 12.6. The highest BCUT2D eigenvalue weighted by molar-refractivity contribution is 6.32. The third-order valence-electron chi connectivity index (χ3n) is 6.09. The Hall–Kier alpha value is -3.05. The van der Waals surface area contributed by atoms with Crippen LogP contribution in [0, 0.1) is 13.8 Å². The Kier molecular flexibility index (Phi) is 5.64. The van der Waals surface area contributed by atoms with E-state index in [-0.39, 0.29) is 5.91 Å². The number of fused-ring (bicyclic) bond motifs is 1. The van der Waals surface area contributed by atoms with E-state index in [1.165, 1.54) is 16.7 Å². The molecular weight excluding hydrogens is 372 g/mol. The Morgan fingerprint density at radius 1 is 1.17 bits per heavy atom. The van der Waals surface area contributed by atoms with Gasteiger partial charge in [-0.25, -0.2) is 0 Å². The molecule has 2 heterocycles. The number of carbonyl (C=O) groups excluding carboxylic acids is 1. The molecule has 1 fully saturated rings. The highest BCUT2D eigenvalue weighted by Crippen LogP contribution is 2.37. The minimum absolute atomic E-state index is 0.112. The maximum Gasteiger partial charge on any atom is 0.256 e. The van der Waals surface area contributed by atoms with E-state index in [1.807, 2.05) is 12.3 Å². The second-order valence-electron chi connectivity index (χ2n) is 8.43. The van der Waals surface area contributed by atoms with Crippen molar-refractivity contribution in [2.24, 2.45) is 5.73 Å². The molecule has 4 rings (SSSR count). The van der Waals surface area contributed by atoms with Crippen LogP contribution in [0.1, 0.15) is 29.5 Å². The number of benzene rings is 2. The number of allylic oxidation sites excluding steroid dienone is 1. The summed E-state index contributed by atoms with van der Waals surface area (Å²) in [4.78, 5) is 14.9. The van der Waals surface area contributed by atoms with Crippen LogP contribution in [0.3, 0.4) is 0 Å². The molecule has 2 aliphatic rings. The third kappa shape index (κ3) is 4.12. The van der Waals surface area contributed by atoms with Gasteiger partial charge in [0.2, 0.25) is 0 Å². The van der Waals surface area contributed by atoms with Crippen molar-refractivity contribution in [1.29, 1.82) is 0 Å². The average Bonchev–Trinajstić information content (AvgIpc) is 3.02. The first-order valence-corrected chi connectivity index (χ1v) is 10.6. The number of likely N-dealkylation sites (tertiary alicyclic amines) is 1. The standard InChI is InChI=1S/C25H30N4O/c1-16-5-4-6-17(2)24(16)18-7-8-23-21(13-18)22(25(30)28-23)14-19(26)15-27-20-9-11-29(3)12-10-20/h4-8,13-15,20,27H,9-12,26H2,1-3H3,(H,28,30)/b19-15-,22-14+. The molecule has 1 saturated heterocycles. The number of nitrogens with one attached hydrogen (secondary N) is 2. The molecule has 0 spiro atoms. The number of carbonyl (C=O) groups is 1. The summed E-state index contributed by atoms with van der Waals surface area (Å²) < 4.78 is 0. The summed E-state index contributed by atoms with van der Waals surface area (Å²) in [5.74, 6) is -0.112. The van der Waals surface area contributed by atoms with Crippen LogP contribution in [-0.4, -0.2) is 37.0 Å². The lowest BCUT2D eigenvalue weighted by atomic mass is 9.93. The van der Waals surface area contributed by atoms with Crippen molar-refractivity contribution in [2.45, 2.75) is 32.7 Å². The van der Waals surface area contributed by atoms with Crippen molar-refractivity contribution in [3.05, 3.63) is 71.1 Å². The molecule has 2 aromatic rings. The van der Waals surface area contributed by atoms with E-state index < -0.39 is 0 Å². The van der Waals surface area contributed by atoms with Gasteiger partial charge in [0.15, 0.2) is 0 Å². The molecule has 0 saturated carbocycles. The molecule has 5 heteroatoms. The molecule has 30 heavy (non-hydrogen) atoms. The highest BCUT2D eigenvalue weighted by atomic mass is 16.2. The summed E-state index contributed by atoms with van der Waals surface area (Å²) in [6.07, 6.45) is 5.81. The number of rotatable bonds is 4. The van der Waals surface area contributed by atoms with Crippen LogP contribution in [0.2, 0.25) is 0 Å². The maximum absolute atomic E-state index is 12.6. The van der Waals surface area contributed by atoms with E-state index in [0.29, 0.717) is 17.3 Å². The van der Waals surface area contributed by atoms with Crippen LogP contribution in [0.4, 0.5) is 5.69 Å². The van der Waals surface area contributed by atoms with E-state index in [2.05, 4.69) is 66.8 Å². The summed E-state index contributed by atoms with van der Waals surface area (Å²) in [7, 11) is 2.15. The van der Waals surface area contributed by atoms with Crippen LogP contribution < -0.4 is 16.4 Å². The Balaban J connectivity index is 1.60. The predicted molar refractivity (Wildman–Crippen MR) is 124 cm³/mol. The van der Waals surface area contributed by atoms with E-state index in [9.17, 15) is 4.79 Å². The minimum Gasteiger partial charge on any atom is -0.398 e. The van der Waals surface area contributed by atoms with Crippen LogP contribution in [0.25, 0.3) is 16.7 Å². The predicted octanol–water partition coefficient (Wildman–Crippen LogP) is 3.79. The van der Waals surface area contributed by atoms with Gasteiger partial charge in [0, 0.05) is 29.2 Å². The largest absolute Gasteiger partial charge is 0.398 e. The van der Waals surface area contributed by atoms with Crippen molar-refractivity contribution in [2.75, 3.05) is 25.5 Å². The molecule has 0 radical (unpaired) electrons. The normalized spacial score (nSPS) is 19.1. The van der Waals surface area contributed by atoms with Crippen LogP contribution in [-0.2, 0) is 4.79 Å². The van der Waals surface area contributed by atoms with Crippen molar-refractivity contribution in [1.82, 2.24) is 10.2 Å². The van der Waals surface area contributed by atoms with Gasteiger partial charge in [0.1, 0.15) is 0 Å². The van der Waals surface area contributed by atoms with Crippen LogP contribution in [0.15, 0.2) is 54.4 Å². The fourth-order valence-corrected chi connectivity index (χ4v) is 4.35. The van der Waals surface area contributed by atoms with Gasteiger partial charge in [-0.15, -0.1) is 0 Å². The summed E-state index contributed by atoms with van der Waals surface area (Å²) in [5.41, 5.74) is 13.9. The third-order valence-corrected chi connectivity index (χ3v) is 6.09. The van der Waals surface area contributed by atoms with Crippen LogP contribution in [0.5, 0.6) is 0 Å². The van der Waals surface area contributed by atoms with Gasteiger partial charge < -0.3 is 21.3 Å². The number of hydrogen-bond acceptors (Lipinski definition) is 4. The zero-order valence-corrected chi connectivity index (χ0v) is 18.0. The Bertz CT molecular complexity index is 1010. The van der Waals surface area contributed by atoms with Gasteiger partial charge in [-0.3, -0.25) is 4.79 Å². The number of piperidine rings is 1. The first-order valence-electron chi connectivity index (χ1n) is 10.6. The monoisotopic (exact) mass is 402 g/mol. The van der Waals surface area contributed by atoms with E-state index in [0.717, 1.165) is 42.7 Å². The molecule has 0 bridgehead atoms. The van der Waals surface area contributed by atoms with Crippen molar-refractivity contribution in [3.63, 3.8) is 0 Å². The number of amides is 1. The Morgan fingerprint density at radius 3 is 2.57 bits per heavy atom. The van der Waals surface area contributed by atoms with Crippen molar-refractivity contribution in [3.8, 4) is 11.1 Å². The molecule has 156 valence electrons. The van der Waals surface area contributed by atoms with Crippen molar-refractivity contribution < 1.29 is 4.79 Å². The van der Waals surface area contributed by atoms with Gasteiger partial charge >= 0.3 is 0 Å². The summed E-state index contributed by atoms with van der Waals surface area (Å²) in [6, 6.07) is 12.9. The molecule has 1 amide bonds. The fourth-order valence-electron chi connectivity index (χ4n) is 4.35. The second kappa shape index (κ2) is 8.36. The SMILES string of the molecule is Cc1cccc(C)c1-c1ccc2c(c1)/C(=C\C(N)=C\NC1CCN(C)CC1)C(=O)N2. The zero-order chi connectivity index (χ0) is 21.3. The van der Waals surface area contributed by atoms with Gasteiger partial charge in [0.25, 0.3) is 5.91 Å². The Labute approximate surface area is 178 Å². The first kappa shape index (κ1) is 20.2. The number of anilines is 1. The molecule has 0 atom stereocenters. The van der Waals surface area contributed by atoms with Gasteiger partial charge in [-0.1, -0.05) is 24.3 Å². The van der Waals surface area contributed by atoms with Crippen molar-refractivity contribution >= 4 is 17.2 Å². The average molecular weight is 403 g/mol. The van der Waals surface area contributed by atoms with E-state index >= 15 is 0 Å². The fraction of sp³-hybridized carbons (Fsp3) is 0.320. The number of nitrogens with zero attached hydrogens (tertiary/aromatic N) is 1. The molecule has 4 N–H and O–H groups in total. The molecular formula is C25H30N4O. The lowest BCUT2D eigenvalue weighted by Gasteiger charge is -2.29. The first-order chi connectivity index (χ1) is 14.4. The summed E-state index contributed by atoms with van der Waals surface area (Å²) in [6.45, 7) is 6.41.